The molecule has 8 heteroatoms. The summed E-state index contributed by atoms with van der Waals surface area (Å²) in [5, 5.41) is 3.07. The number of benzene rings is 2. The first-order chi connectivity index (χ1) is 12.1. The SMILES string of the molecule is Cc1ccc(-c2c(NN)nc(Nc3ccccc3)nc2NN)cc1F. The van der Waals surface area contributed by atoms with E-state index in [2.05, 4.69) is 26.1 Å². The van der Waals surface area contributed by atoms with Crippen LogP contribution in [0.4, 0.5) is 27.7 Å². The molecule has 0 amide bonds. The van der Waals surface area contributed by atoms with Crippen LogP contribution in [0.5, 0.6) is 0 Å². The largest absolute Gasteiger partial charge is 0.324 e. The predicted molar refractivity (Wildman–Crippen MR) is 97.5 cm³/mol. The molecule has 0 bridgehead atoms. The third-order valence-corrected chi connectivity index (χ3v) is 3.67. The number of halogens is 1. The number of anilines is 4. The van der Waals surface area contributed by atoms with Crippen LogP contribution in [0.3, 0.4) is 0 Å². The number of hydrogen-bond acceptors (Lipinski definition) is 7. The first-order valence-corrected chi connectivity index (χ1v) is 7.56. The molecule has 3 aromatic rings. The molecule has 3 rings (SSSR count). The van der Waals surface area contributed by atoms with Crippen molar-refractivity contribution in [2.45, 2.75) is 6.92 Å². The fourth-order valence-electron chi connectivity index (χ4n) is 2.40. The number of nitrogens with one attached hydrogen (secondary N) is 3. The van der Waals surface area contributed by atoms with Crippen molar-refractivity contribution in [3.05, 3.63) is 59.9 Å². The van der Waals surface area contributed by atoms with Crippen LogP contribution in [-0.2, 0) is 0 Å². The third-order valence-electron chi connectivity index (χ3n) is 3.67. The molecule has 7 N–H and O–H groups in total. The average molecular weight is 339 g/mol. The Kier molecular flexibility index (Phi) is 4.73. The zero-order valence-corrected chi connectivity index (χ0v) is 13.5. The number of hydrazine groups is 2. The zero-order valence-electron chi connectivity index (χ0n) is 13.5. The van der Waals surface area contributed by atoms with Gasteiger partial charge in [-0.2, -0.15) is 9.97 Å². The maximum absolute atomic E-state index is 13.9. The van der Waals surface area contributed by atoms with Crippen molar-refractivity contribution in [3.63, 3.8) is 0 Å². The van der Waals surface area contributed by atoms with Crippen LogP contribution in [0.25, 0.3) is 11.1 Å². The van der Waals surface area contributed by atoms with Crippen molar-refractivity contribution in [3.8, 4) is 11.1 Å². The van der Waals surface area contributed by atoms with Crippen molar-refractivity contribution in [1.82, 2.24) is 9.97 Å². The van der Waals surface area contributed by atoms with Crippen LogP contribution < -0.4 is 27.9 Å². The van der Waals surface area contributed by atoms with Gasteiger partial charge in [0.05, 0.1) is 5.56 Å². The Labute approximate surface area is 144 Å². The number of nitrogens with two attached hydrogens (primary N) is 2. The summed E-state index contributed by atoms with van der Waals surface area (Å²) in [7, 11) is 0. The zero-order chi connectivity index (χ0) is 17.8. The normalized spacial score (nSPS) is 10.4. The van der Waals surface area contributed by atoms with Gasteiger partial charge in [-0.05, 0) is 36.2 Å². The Bertz CT molecular complexity index is 858. The van der Waals surface area contributed by atoms with Crippen LogP contribution in [-0.4, -0.2) is 9.97 Å². The van der Waals surface area contributed by atoms with Crippen LogP contribution in [0, 0.1) is 12.7 Å². The van der Waals surface area contributed by atoms with E-state index >= 15 is 0 Å². The van der Waals surface area contributed by atoms with Crippen molar-refractivity contribution >= 4 is 23.3 Å². The Hall–Kier alpha value is -3.23. The quantitative estimate of drug-likeness (QED) is 0.359. The lowest BCUT2D eigenvalue weighted by Gasteiger charge is -2.15. The minimum absolute atomic E-state index is 0.295. The summed E-state index contributed by atoms with van der Waals surface area (Å²) in [6, 6.07) is 14.2. The lowest BCUT2D eigenvalue weighted by atomic mass is 10.0. The van der Waals surface area contributed by atoms with Gasteiger partial charge in [-0.25, -0.2) is 16.1 Å². The second-order valence-corrected chi connectivity index (χ2v) is 5.36. The number of hydrogen-bond donors (Lipinski definition) is 5. The molecular weight excluding hydrogens is 321 g/mol. The molecular formula is C17H18FN7. The number of para-hydroxylation sites is 1. The lowest BCUT2D eigenvalue weighted by molar-refractivity contribution is 0.619. The first kappa shape index (κ1) is 16.6. The number of aromatic nitrogens is 2. The first-order valence-electron chi connectivity index (χ1n) is 7.56. The molecule has 1 heterocycles. The smallest absolute Gasteiger partial charge is 0.231 e. The maximum Gasteiger partial charge on any atom is 0.231 e. The summed E-state index contributed by atoms with van der Waals surface area (Å²) in [6.45, 7) is 1.69. The van der Waals surface area contributed by atoms with E-state index in [1.807, 2.05) is 30.3 Å². The highest BCUT2D eigenvalue weighted by molar-refractivity contribution is 5.85. The van der Waals surface area contributed by atoms with E-state index < -0.39 is 0 Å². The minimum atomic E-state index is -0.338. The Balaban J connectivity index is 2.08. The van der Waals surface area contributed by atoms with Crippen molar-refractivity contribution < 1.29 is 4.39 Å². The van der Waals surface area contributed by atoms with Gasteiger partial charge in [0.1, 0.15) is 5.82 Å². The second kappa shape index (κ2) is 7.12. The number of rotatable bonds is 5. The second-order valence-electron chi connectivity index (χ2n) is 5.36. The van der Waals surface area contributed by atoms with Crippen LogP contribution in [0.15, 0.2) is 48.5 Å². The van der Waals surface area contributed by atoms with Gasteiger partial charge in [0.25, 0.3) is 0 Å². The molecule has 1 aromatic heterocycles. The molecule has 0 aliphatic carbocycles. The topological polar surface area (TPSA) is 114 Å². The molecule has 0 aliphatic rings. The molecule has 7 nitrogen and oxygen atoms in total. The highest BCUT2D eigenvalue weighted by Gasteiger charge is 2.16. The van der Waals surface area contributed by atoms with Gasteiger partial charge in [-0.1, -0.05) is 30.3 Å². The molecule has 0 aliphatic heterocycles. The fraction of sp³-hybridized carbons (Fsp3) is 0.0588. The van der Waals surface area contributed by atoms with Gasteiger partial charge < -0.3 is 16.2 Å². The monoisotopic (exact) mass is 339 g/mol. The van der Waals surface area contributed by atoms with Gasteiger partial charge in [0, 0.05) is 5.69 Å². The van der Waals surface area contributed by atoms with E-state index in [0.717, 1.165) is 5.69 Å². The number of nitrogen functional groups attached to an aromatic ring is 2. The summed E-state index contributed by atoms with van der Waals surface area (Å²) in [5.74, 6) is 11.8. The lowest BCUT2D eigenvalue weighted by Crippen LogP contribution is -2.17. The minimum Gasteiger partial charge on any atom is -0.324 e. The molecule has 0 fully saturated rings. The Morgan fingerprint density at radius 3 is 2.12 bits per heavy atom. The van der Waals surface area contributed by atoms with Gasteiger partial charge in [-0.3, -0.25) is 0 Å². The fourth-order valence-corrected chi connectivity index (χ4v) is 2.40. The van der Waals surface area contributed by atoms with E-state index in [9.17, 15) is 4.39 Å². The van der Waals surface area contributed by atoms with Crippen molar-refractivity contribution in [2.75, 3.05) is 16.2 Å². The van der Waals surface area contributed by atoms with E-state index in [4.69, 9.17) is 11.7 Å². The van der Waals surface area contributed by atoms with E-state index in [1.54, 1.807) is 19.1 Å². The summed E-state index contributed by atoms with van der Waals surface area (Å²) in [4.78, 5) is 8.69. The molecule has 0 atom stereocenters. The van der Waals surface area contributed by atoms with E-state index in [-0.39, 0.29) is 5.82 Å². The van der Waals surface area contributed by atoms with Crippen molar-refractivity contribution in [1.29, 1.82) is 0 Å². The van der Waals surface area contributed by atoms with Gasteiger partial charge >= 0.3 is 0 Å². The molecule has 0 saturated carbocycles. The Morgan fingerprint density at radius 2 is 1.56 bits per heavy atom. The molecule has 0 radical (unpaired) electrons. The van der Waals surface area contributed by atoms with Gasteiger partial charge in [0.2, 0.25) is 5.95 Å². The molecule has 0 saturated heterocycles. The predicted octanol–water partition coefficient (Wildman–Crippen LogP) is 2.91. The summed E-state index contributed by atoms with van der Waals surface area (Å²) >= 11 is 0. The van der Waals surface area contributed by atoms with Gasteiger partial charge in [0.15, 0.2) is 11.6 Å². The average Bonchev–Trinajstić information content (AvgIpc) is 2.64. The van der Waals surface area contributed by atoms with Crippen LogP contribution in [0.1, 0.15) is 5.56 Å². The molecule has 0 unspecified atom stereocenters. The summed E-state index contributed by atoms with van der Waals surface area (Å²) in [6.07, 6.45) is 0. The Morgan fingerprint density at radius 1 is 0.920 bits per heavy atom. The molecule has 0 spiro atoms. The van der Waals surface area contributed by atoms with E-state index in [1.165, 1.54) is 6.07 Å². The number of nitrogens with zero attached hydrogens (tertiary/aromatic N) is 2. The maximum atomic E-state index is 13.9. The molecule has 128 valence electrons. The third kappa shape index (κ3) is 3.49. The number of aryl methyl sites for hydroxylation is 1. The molecule has 25 heavy (non-hydrogen) atoms. The summed E-state index contributed by atoms with van der Waals surface area (Å²) in [5.41, 5.74) is 7.41. The highest BCUT2D eigenvalue weighted by atomic mass is 19.1. The summed E-state index contributed by atoms with van der Waals surface area (Å²) < 4.78 is 13.9. The van der Waals surface area contributed by atoms with Gasteiger partial charge in [-0.15, -0.1) is 0 Å². The van der Waals surface area contributed by atoms with Crippen LogP contribution >= 0.6 is 0 Å². The standard InChI is InChI=1S/C17H18FN7/c1-10-7-8-11(9-13(10)18)14-15(24-19)22-17(23-16(14)25-20)21-12-5-3-2-4-6-12/h2-9H,19-20H2,1H3,(H3,21,22,23,24,25). The van der Waals surface area contributed by atoms with Crippen molar-refractivity contribution in [2.24, 2.45) is 11.7 Å². The van der Waals surface area contributed by atoms with E-state index in [0.29, 0.717) is 34.3 Å². The molecule has 2 aromatic carbocycles. The van der Waals surface area contributed by atoms with Crippen LogP contribution in [0.2, 0.25) is 0 Å². The highest BCUT2D eigenvalue weighted by Crippen LogP contribution is 2.34.